The van der Waals surface area contributed by atoms with E-state index in [2.05, 4.69) is 12.2 Å². The third kappa shape index (κ3) is 4.47. The molecule has 1 aromatic rings. The lowest BCUT2D eigenvalue weighted by molar-refractivity contribution is -0.385. The van der Waals surface area contributed by atoms with E-state index < -0.39 is 29.1 Å². The van der Waals surface area contributed by atoms with Gasteiger partial charge in [0.2, 0.25) is 0 Å². The van der Waals surface area contributed by atoms with Gasteiger partial charge >= 0.3 is 5.97 Å². The van der Waals surface area contributed by atoms with Crippen molar-refractivity contribution in [1.29, 1.82) is 0 Å². The molecule has 1 aliphatic heterocycles. The highest BCUT2D eigenvalue weighted by molar-refractivity contribution is 5.96. The Morgan fingerprint density at radius 3 is 2.56 bits per heavy atom. The van der Waals surface area contributed by atoms with Crippen LogP contribution in [0.1, 0.15) is 43.0 Å². The number of rotatable bonds is 5. The summed E-state index contributed by atoms with van der Waals surface area (Å²) in [5.41, 5.74) is -0.728. The minimum Gasteiger partial charge on any atom is -0.486 e. The molecule has 3 rings (SSSR count). The van der Waals surface area contributed by atoms with E-state index in [1.54, 1.807) is 0 Å². The molecule has 9 nitrogen and oxygen atoms in total. The lowest BCUT2D eigenvalue weighted by Gasteiger charge is -2.29. The number of hydrogen-bond donors (Lipinski definition) is 1. The Morgan fingerprint density at radius 1 is 1.22 bits per heavy atom. The molecular weight excluding hydrogens is 356 g/mol. The predicted molar refractivity (Wildman–Crippen MR) is 93.9 cm³/mol. The fraction of sp³-hybridized carbons (Fsp3) is 0.556. The maximum Gasteiger partial charge on any atom is 0.345 e. The lowest BCUT2D eigenvalue weighted by Crippen LogP contribution is -2.42. The molecule has 1 fully saturated rings. The van der Waals surface area contributed by atoms with Crippen LogP contribution >= 0.6 is 0 Å². The Balaban J connectivity index is 1.65. The third-order valence-electron chi connectivity index (χ3n) is 4.87. The van der Waals surface area contributed by atoms with Crippen LogP contribution < -0.4 is 14.8 Å². The number of hydrogen-bond acceptors (Lipinski definition) is 7. The van der Waals surface area contributed by atoms with Crippen molar-refractivity contribution in [3.05, 3.63) is 27.8 Å². The number of nitro groups is 1. The van der Waals surface area contributed by atoms with Crippen molar-refractivity contribution in [1.82, 2.24) is 5.32 Å². The second-order valence-corrected chi connectivity index (χ2v) is 6.78. The monoisotopic (exact) mass is 378 g/mol. The molecule has 0 aromatic heterocycles. The summed E-state index contributed by atoms with van der Waals surface area (Å²) in [5, 5.41) is 14.1. The molecule has 146 valence electrons. The summed E-state index contributed by atoms with van der Waals surface area (Å²) in [7, 11) is 0. The largest absolute Gasteiger partial charge is 0.486 e. The highest BCUT2D eigenvalue weighted by Crippen LogP contribution is 2.36. The van der Waals surface area contributed by atoms with Crippen molar-refractivity contribution in [2.75, 3.05) is 19.8 Å². The van der Waals surface area contributed by atoms with Crippen LogP contribution in [0.3, 0.4) is 0 Å². The molecule has 0 spiro atoms. The first-order valence-corrected chi connectivity index (χ1v) is 9.00. The van der Waals surface area contributed by atoms with Gasteiger partial charge in [0.25, 0.3) is 11.6 Å². The van der Waals surface area contributed by atoms with E-state index in [-0.39, 0.29) is 36.3 Å². The minimum atomic E-state index is -0.953. The fourth-order valence-corrected chi connectivity index (χ4v) is 3.38. The summed E-state index contributed by atoms with van der Waals surface area (Å²) in [6, 6.07) is 2.42. The molecule has 2 atom stereocenters. The zero-order chi connectivity index (χ0) is 19.4. The van der Waals surface area contributed by atoms with E-state index in [0.717, 1.165) is 31.7 Å². The van der Waals surface area contributed by atoms with Crippen molar-refractivity contribution in [2.24, 2.45) is 5.92 Å². The number of nitro benzene ring substituents is 1. The van der Waals surface area contributed by atoms with Gasteiger partial charge in [0, 0.05) is 12.1 Å². The van der Waals surface area contributed by atoms with Crippen molar-refractivity contribution in [3.8, 4) is 11.5 Å². The molecule has 0 saturated heterocycles. The van der Waals surface area contributed by atoms with Gasteiger partial charge in [0.1, 0.15) is 18.8 Å². The maximum absolute atomic E-state index is 12.3. The molecule has 2 aliphatic rings. The van der Waals surface area contributed by atoms with E-state index in [1.807, 2.05) is 0 Å². The highest BCUT2D eigenvalue weighted by atomic mass is 16.6. The van der Waals surface area contributed by atoms with Gasteiger partial charge in [-0.3, -0.25) is 14.9 Å². The topological polar surface area (TPSA) is 117 Å². The number of amides is 1. The molecule has 27 heavy (non-hydrogen) atoms. The summed E-state index contributed by atoms with van der Waals surface area (Å²) in [5.74, 6) is -0.557. The van der Waals surface area contributed by atoms with Gasteiger partial charge < -0.3 is 19.5 Å². The second kappa shape index (κ2) is 8.24. The number of carbonyl (C=O) groups is 2. The fourth-order valence-electron chi connectivity index (χ4n) is 3.38. The Bertz CT molecular complexity index is 749. The molecule has 0 unspecified atom stereocenters. The normalized spacial score (nSPS) is 21.2. The summed E-state index contributed by atoms with van der Waals surface area (Å²) in [6.45, 7) is 2.14. The molecule has 1 amide bonds. The van der Waals surface area contributed by atoms with Crippen LogP contribution in [-0.2, 0) is 9.53 Å². The van der Waals surface area contributed by atoms with Gasteiger partial charge in [-0.05, 0) is 18.8 Å². The zero-order valence-corrected chi connectivity index (χ0v) is 15.1. The van der Waals surface area contributed by atoms with Crippen LogP contribution in [0.4, 0.5) is 5.69 Å². The van der Waals surface area contributed by atoms with E-state index >= 15 is 0 Å². The van der Waals surface area contributed by atoms with Crippen molar-refractivity contribution >= 4 is 17.6 Å². The van der Waals surface area contributed by atoms with Crippen molar-refractivity contribution in [3.63, 3.8) is 0 Å². The van der Waals surface area contributed by atoms with Gasteiger partial charge in [-0.2, -0.15) is 0 Å². The maximum atomic E-state index is 12.3. The molecular formula is C18H22N2O7. The number of nitrogens with zero attached hydrogens (tertiary/aromatic N) is 1. The zero-order valence-electron chi connectivity index (χ0n) is 15.1. The summed E-state index contributed by atoms with van der Waals surface area (Å²) < 4.78 is 15.6. The molecule has 1 N–H and O–H groups in total. The Kier molecular flexibility index (Phi) is 5.78. The summed E-state index contributed by atoms with van der Waals surface area (Å²) in [4.78, 5) is 35.0. The van der Waals surface area contributed by atoms with E-state index in [1.165, 1.54) is 6.07 Å². The van der Waals surface area contributed by atoms with Crippen LogP contribution in [0, 0.1) is 16.0 Å². The first-order chi connectivity index (χ1) is 13.0. The van der Waals surface area contributed by atoms with Gasteiger partial charge in [-0.25, -0.2) is 4.79 Å². The molecule has 0 bridgehead atoms. The lowest BCUT2D eigenvalue weighted by atomic mass is 9.86. The van der Waals surface area contributed by atoms with E-state index in [4.69, 9.17) is 14.2 Å². The van der Waals surface area contributed by atoms with Crippen LogP contribution in [0.5, 0.6) is 11.5 Å². The summed E-state index contributed by atoms with van der Waals surface area (Å²) >= 11 is 0. The Hall–Kier alpha value is -2.84. The number of benzene rings is 1. The molecule has 1 aliphatic carbocycles. The standard InChI is InChI=1S/C18H22N2O7/c1-11-4-2-3-5-13(11)19-17(21)10-27-18(22)12-8-15-16(26-7-6-25-15)9-14(12)20(23)24/h8-9,11,13H,2-7,10H2,1H3,(H,19,21)/t11-,13-/m0/s1. The van der Waals surface area contributed by atoms with Gasteiger partial charge in [-0.15, -0.1) is 0 Å². The van der Waals surface area contributed by atoms with Crippen LogP contribution in [0.25, 0.3) is 0 Å². The van der Waals surface area contributed by atoms with Crippen molar-refractivity contribution in [2.45, 2.75) is 38.6 Å². The SMILES string of the molecule is C[C@H]1CCCC[C@@H]1NC(=O)COC(=O)c1cc2c(cc1[N+](=O)[O-])OCCO2. The third-order valence-corrected chi connectivity index (χ3v) is 4.87. The number of ether oxygens (including phenoxy) is 3. The smallest absolute Gasteiger partial charge is 0.345 e. The van der Waals surface area contributed by atoms with Crippen molar-refractivity contribution < 1.29 is 28.7 Å². The summed E-state index contributed by atoms with van der Waals surface area (Å²) in [6.07, 6.45) is 4.15. The number of fused-ring (bicyclic) bond motifs is 1. The molecule has 1 saturated carbocycles. The van der Waals surface area contributed by atoms with Crippen LogP contribution in [-0.4, -0.2) is 42.7 Å². The molecule has 0 radical (unpaired) electrons. The second-order valence-electron chi connectivity index (χ2n) is 6.78. The van der Waals surface area contributed by atoms with Crippen LogP contribution in [0.15, 0.2) is 12.1 Å². The predicted octanol–water partition coefficient (Wildman–Crippen LogP) is 2.22. The average molecular weight is 378 g/mol. The first kappa shape index (κ1) is 18.9. The number of carbonyl (C=O) groups excluding carboxylic acids is 2. The minimum absolute atomic E-state index is 0.0635. The van der Waals surface area contributed by atoms with Gasteiger partial charge in [0.15, 0.2) is 18.1 Å². The Morgan fingerprint density at radius 2 is 1.89 bits per heavy atom. The van der Waals surface area contributed by atoms with E-state index in [0.29, 0.717) is 5.92 Å². The first-order valence-electron chi connectivity index (χ1n) is 9.00. The highest BCUT2D eigenvalue weighted by Gasteiger charge is 2.28. The van der Waals surface area contributed by atoms with E-state index in [9.17, 15) is 19.7 Å². The van der Waals surface area contributed by atoms with Gasteiger partial charge in [0.05, 0.1) is 11.0 Å². The number of esters is 1. The number of nitrogens with one attached hydrogen (secondary N) is 1. The average Bonchev–Trinajstić information content (AvgIpc) is 2.66. The van der Waals surface area contributed by atoms with Crippen LogP contribution in [0.2, 0.25) is 0 Å². The Labute approximate surface area is 156 Å². The molecule has 9 heteroatoms. The van der Waals surface area contributed by atoms with Gasteiger partial charge in [-0.1, -0.05) is 19.8 Å². The molecule has 1 heterocycles. The molecule has 1 aromatic carbocycles. The quantitative estimate of drug-likeness (QED) is 0.474.